The molecule has 1 fully saturated rings. The topological polar surface area (TPSA) is 138 Å². The van der Waals surface area contributed by atoms with Crippen molar-refractivity contribution in [2.24, 2.45) is 0 Å². The van der Waals surface area contributed by atoms with Crippen LogP contribution < -0.4 is 10.1 Å². The molecule has 3 aromatic rings. The van der Waals surface area contributed by atoms with Gasteiger partial charge in [-0.2, -0.15) is 0 Å². The smallest absolute Gasteiger partial charge is 0.408 e. The molecular formula is C34H41N5O5S. The SMILES string of the molecule is Cc1csc([C@H]2CCCN2C(=O)c2cc(C(=N)OC(=N)C(C)(Cc3ccccc3)NC(=O)OC(C)(C)C)cc3c2CCCO3)n1. The van der Waals surface area contributed by atoms with Gasteiger partial charge in [-0.25, -0.2) is 9.78 Å². The molecule has 2 aliphatic heterocycles. The molecule has 2 amide bonds. The lowest BCUT2D eigenvalue weighted by molar-refractivity contribution is 0.0484. The summed E-state index contributed by atoms with van der Waals surface area (Å²) in [6.45, 7) is 10.0. The number of ether oxygens (including phenoxy) is 3. The van der Waals surface area contributed by atoms with Gasteiger partial charge in [0.25, 0.3) is 5.91 Å². The molecule has 1 aromatic heterocycles. The molecule has 5 rings (SSSR count). The maximum Gasteiger partial charge on any atom is 0.408 e. The summed E-state index contributed by atoms with van der Waals surface area (Å²) in [5.41, 5.74) is 1.32. The minimum absolute atomic E-state index is 0.0958. The third-order valence-corrected chi connectivity index (χ3v) is 8.91. The van der Waals surface area contributed by atoms with Crippen LogP contribution in [0.1, 0.15) is 90.7 Å². The van der Waals surface area contributed by atoms with Gasteiger partial charge in [-0.3, -0.25) is 15.6 Å². The molecule has 0 spiro atoms. The third kappa shape index (κ3) is 7.53. The van der Waals surface area contributed by atoms with E-state index in [1.165, 1.54) is 0 Å². The number of hydrogen-bond acceptors (Lipinski definition) is 9. The van der Waals surface area contributed by atoms with Crippen LogP contribution in [-0.2, 0) is 22.3 Å². The number of aryl methyl sites for hydroxylation is 1. The number of rotatable bonds is 7. The predicted octanol–water partition coefficient (Wildman–Crippen LogP) is 6.60. The minimum Gasteiger partial charge on any atom is -0.493 e. The van der Waals surface area contributed by atoms with Crippen LogP contribution in [0.15, 0.2) is 47.8 Å². The Morgan fingerprint density at radius 2 is 1.89 bits per heavy atom. The van der Waals surface area contributed by atoms with Gasteiger partial charge in [0.2, 0.25) is 11.8 Å². The number of nitrogens with one attached hydrogen (secondary N) is 3. The largest absolute Gasteiger partial charge is 0.493 e. The second-order valence-electron chi connectivity index (χ2n) is 12.8. The van der Waals surface area contributed by atoms with E-state index < -0.39 is 17.2 Å². The molecule has 1 unspecified atom stereocenters. The van der Waals surface area contributed by atoms with E-state index in [2.05, 4.69) is 10.3 Å². The summed E-state index contributed by atoms with van der Waals surface area (Å²) >= 11 is 1.57. The van der Waals surface area contributed by atoms with Crippen LogP contribution in [0.4, 0.5) is 4.79 Å². The summed E-state index contributed by atoms with van der Waals surface area (Å²) in [6.07, 6.45) is 2.72. The average molecular weight is 632 g/mol. The summed E-state index contributed by atoms with van der Waals surface area (Å²) in [5.74, 6) is -0.253. The molecule has 0 aliphatic carbocycles. The number of carbonyl (C=O) groups is 2. The lowest BCUT2D eigenvalue weighted by atomic mass is 9.92. The van der Waals surface area contributed by atoms with E-state index in [1.54, 1.807) is 51.2 Å². The molecule has 10 nitrogen and oxygen atoms in total. The first kappa shape index (κ1) is 32.2. The van der Waals surface area contributed by atoms with E-state index >= 15 is 0 Å². The summed E-state index contributed by atoms with van der Waals surface area (Å²) in [4.78, 5) is 33.5. The van der Waals surface area contributed by atoms with E-state index in [1.807, 2.05) is 47.5 Å². The van der Waals surface area contributed by atoms with Crippen LogP contribution in [0.25, 0.3) is 0 Å². The Labute approximate surface area is 268 Å². The number of fused-ring (bicyclic) bond motifs is 1. The molecule has 1 saturated heterocycles. The van der Waals surface area contributed by atoms with Crippen molar-refractivity contribution in [1.82, 2.24) is 15.2 Å². The van der Waals surface area contributed by atoms with Crippen LogP contribution in [0.5, 0.6) is 5.75 Å². The quantitative estimate of drug-likeness (QED) is 0.199. The van der Waals surface area contributed by atoms with E-state index in [0.717, 1.165) is 41.1 Å². The fraction of sp³-hybridized carbons (Fsp3) is 0.441. The molecule has 3 heterocycles. The van der Waals surface area contributed by atoms with Crippen molar-refractivity contribution < 1.29 is 23.8 Å². The van der Waals surface area contributed by atoms with Crippen LogP contribution in [-0.4, -0.2) is 58.0 Å². The first-order valence-corrected chi connectivity index (χ1v) is 16.1. The average Bonchev–Trinajstić information content (AvgIpc) is 3.64. The van der Waals surface area contributed by atoms with Gasteiger partial charge < -0.3 is 24.4 Å². The van der Waals surface area contributed by atoms with Crippen molar-refractivity contribution in [3.63, 3.8) is 0 Å². The van der Waals surface area contributed by atoms with E-state index in [4.69, 9.17) is 25.0 Å². The Morgan fingerprint density at radius 3 is 2.58 bits per heavy atom. The number of benzene rings is 2. The number of nitrogens with zero attached hydrogens (tertiary/aromatic N) is 2. The Balaban J connectivity index is 1.42. The van der Waals surface area contributed by atoms with E-state index in [-0.39, 0.29) is 30.2 Å². The lowest BCUT2D eigenvalue weighted by Crippen LogP contribution is -2.55. The molecule has 2 atom stereocenters. The van der Waals surface area contributed by atoms with Gasteiger partial charge in [0, 0.05) is 40.7 Å². The fourth-order valence-electron chi connectivity index (χ4n) is 5.72. The highest BCUT2D eigenvalue weighted by Gasteiger charge is 2.38. The van der Waals surface area contributed by atoms with Gasteiger partial charge >= 0.3 is 6.09 Å². The number of alkyl carbamates (subject to hydrolysis) is 1. The number of hydrogen-bond donors (Lipinski definition) is 3. The molecular weight excluding hydrogens is 590 g/mol. The Hall–Kier alpha value is -4.25. The normalized spacial score (nSPS) is 17.4. The molecule has 238 valence electrons. The third-order valence-electron chi connectivity index (χ3n) is 7.85. The summed E-state index contributed by atoms with van der Waals surface area (Å²) < 4.78 is 17.3. The van der Waals surface area contributed by atoms with Gasteiger partial charge in [0.1, 0.15) is 21.9 Å². The maximum absolute atomic E-state index is 14.1. The molecule has 2 aromatic carbocycles. The maximum atomic E-state index is 14.1. The highest BCUT2D eigenvalue weighted by molar-refractivity contribution is 7.09. The molecule has 2 aliphatic rings. The second-order valence-corrected chi connectivity index (χ2v) is 13.7. The van der Waals surface area contributed by atoms with E-state index in [9.17, 15) is 9.59 Å². The standard InChI is InChI=1S/C34H41N5O5S/c1-21-20-45-29(37-21)26-14-9-15-39(26)30(40)25-17-23(18-27-24(25)13-10-16-42-27)28(35)43-31(36)34(5,19-22-11-7-6-8-12-22)38-32(41)44-33(2,3)4/h6-8,11-12,17-18,20,26,35-36H,9-10,13-16,19H2,1-5H3,(H,38,41)/t26-,34?/m1/s1. The molecule has 3 N–H and O–H groups in total. The van der Waals surface area contributed by atoms with Crippen LogP contribution in [0.3, 0.4) is 0 Å². The van der Waals surface area contributed by atoms with E-state index in [0.29, 0.717) is 36.4 Å². The van der Waals surface area contributed by atoms with Crippen LogP contribution >= 0.6 is 11.3 Å². The van der Waals surface area contributed by atoms with Crippen molar-refractivity contribution in [1.29, 1.82) is 10.8 Å². The number of aromatic nitrogens is 1. The zero-order valence-electron chi connectivity index (χ0n) is 26.5. The minimum atomic E-state index is -1.34. The molecule has 45 heavy (non-hydrogen) atoms. The summed E-state index contributed by atoms with van der Waals surface area (Å²) in [5, 5.41) is 23.6. The fourth-order valence-corrected chi connectivity index (χ4v) is 6.66. The number of amides is 2. The van der Waals surface area contributed by atoms with Gasteiger partial charge in [0.05, 0.1) is 12.6 Å². The van der Waals surface area contributed by atoms with Crippen molar-refractivity contribution in [2.75, 3.05) is 13.2 Å². The number of carbonyl (C=O) groups excluding carboxylic acids is 2. The Kier molecular flexibility index (Phi) is 9.29. The van der Waals surface area contributed by atoms with Gasteiger partial charge in [-0.1, -0.05) is 30.3 Å². The Morgan fingerprint density at radius 1 is 1.13 bits per heavy atom. The molecule has 0 bridgehead atoms. The monoisotopic (exact) mass is 631 g/mol. The molecule has 0 saturated carbocycles. The summed E-state index contributed by atoms with van der Waals surface area (Å²) in [7, 11) is 0. The van der Waals surface area contributed by atoms with Crippen molar-refractivity contribution >= 4 is 35.1 Å². The van der Waals surface area contributed by atoms with Gasteiger partial charge in [-0.05, 0) is 78.0 Å². The summed E-state index contributed by atoms with van der Waals surface area (Å²) in [6, 6.07) is 12.7. The predicted molar refractivity (Wildman–Crippen MR) is 174 cm³/mol. The van der Waals surface area contributed by atoms with Gasteiger partial charge in [0.15, 0.2) is 0 Å². The first-order chi connectivity index (χ1) is 21.3. The lowest BCUT2D eigenvalue weighted by Gasteiger charge is -2.32. The zero-order chi connectivity index (χ0) is 32.4. The molecule has 0 radical (unpaired) electrons. The number of thiazole rings is 1. The Bertz CT molecular complexity index is 1600. The second kappa shape index (κ2) is 13.0. The van der Waals surface area contributed by atoms with Crippen LogP contribution in [0.2, 0.25) is 0 Å². The van der Waals surface area contributed by atoms with Crippen LogP contribution in [0, 0.1) is 17.7 Å². The van der Waals surface area contributed by atoms with Crippen molar-refractivity contribution in [3.05, 3.63) is 80.8 Å². The van der Waals surface area contributed by atoms with Crippen molar-refractivity contribution in [3.8, 4) is 5.75 Å². The van der Waals surface area contributed by atoms with Crippen molar-refractivity contribution in [2.45, 2.75) is 83.9 Å². The number of likely N-dealkylation sites (tertiary alicyclic amines) is 1. The highest BCUT2D eigenvalue weighted by Crippen LogP contribution is 2.37. The molecule has 11 heteroatoms. The zero-order valence-corrected chi connectivity index (χ0v) is 27.3. The van der Waals surface area contributed by atoms with Gasteiger partial charge in [-0.15, -0.1) is 11.3 Å². The first-order valence-electron chi connectivity index (χ1n) is 15.3. The highest BCUT2D eigenvalue weighted by atomic mass is 32.1.